The highest BCUT2D eigenvalue weighted by atomic mass is 19.3. The lowest BCUT2D eigenvalue weighted by atomic mass is 10.0. The lowest BCUT2D eigenvalue weighted by molar-refractivity contribution is 0.0945. The Labute approximate surface area is 213 Å². The molecule has 3 aromatic heterocycles. The number of carbonyl (C=O) groups excluding carboxylic acids is 1. The van der Waals surface area contributed by atoms with E-state index in [9.17, 15) is 18.0 Å². The number of fused-ring (bicyclic) bond motifs is 1. The van der Waals surface area contributed by atoms with E-state index in [0.717, 1.165) is 56.7 Å². The van der Waals surface area contributed by atoms with Crippen molar-refractivity contribution in [1.29, 1.82) is 0 Å². The largest absolute Gasteiger partial charge is 0.355 e. The predicted molar refractivity (Wildman–Crippen MR) is 135 cm³/mol. The van der Waals surface area contributed by atoms with Crippen LogP contribution in [0.2, 0.25) is 0 Å². The first-order chi connectivity index (χ1) is 17.8. The van der Waals surface area contributed by atoms with Crippen LogP contribution in [0.15, 0.2) is 24.7 Å². The molecule has 1 amide bonds. The van der Waals surface area contributed by atoms with Gasteiger partial charge in [0.1, 0.15) is 5.69 Å². The molecule has 5 rings (SSSR count). The molecule has 0 aromatic carbocycles. The van der Waals surface area contributed by atoms with Gasteiger partial charge < -0.3 is 19.5 Å². The van der Waals surface area contributed by atoms with Crippen LogP contribution in [0, 0.1) is 18.7 Å². The van der Waals surface area contributed by atoms with E-state index in [0.29, 0.717) is 17.9 Å². The van der Waals surface area contributed by atoms with E-state index in [1.54, 1.807) is 35.7 Å². The number of nitrogens with one attached hydrogen (secondary N) is 1. The first kappa shape index (κ1) is 25.4. The monoisotopic (exact) mass is 515 g/mol. The third-order valence-corrected chi connectivity index (χ3v) is 7.24. The highest BCUT2D eigenvalue weighted by Gasteiger charge is 2.31. The molecule has 37 heavy (non-hydrogen) atoms. The molecule has 0 spiro atoms. The van der Waals surface area contributed by atoms with Gasteiger partial charge in [0.25, 0.3) is 12.3 Å². The molecule has 0 bridgehead atoms. The van der Waals surface area contributed by atoms with Gasteiger partial charge in [0, 0.05) is 44.0 Å². The van der Waals surface area contributed by atoms with E-state index in [2.05, 4.69) is 20.2 Å². The van der Waals surface area contributed by atoms with Gasteiger partial charge in [0.15, 0.2) is 17.3 Å². The maximum absolute atomic E-state index is 14.5. The number of rotatable bonds is 8. The van der Waals surface area contributed by atoms with E-state index < -0.39 is 18.1 Å². The van der Waals surface area contributed by atoms with Gasteiger partial charge in [-0.05, 0) is 39.2 Å². The molecule has 1 atom stereocenters. The number of pyridine rings is 1. The Bertz CT molecular complexity index is 1270. The molecule has 1 saturated carbocycles. The zero-order valence-electron chi connectivity index (χ0n) is 21.1. The van der Waals surface area contributed by atoms with Gasteiger partial charge in [0.05, 0.1) is 29.8 Å². The van der Waals surface area contributed by atoms with Gasteiger partial charge in [-0.15, -0.1) is 0 Å². The molecule has 198 valence electrons. The molecular weight excluding hydrogens is 483 g/mol. The van der Waals surface area contributed by atoms with Crippen LogP contribution < -0.4 is 10.2 Å². The van der Waals surface area contributed by atoms with E-state index >= 15 is 0 Å². The van der Waals surface area contributed by atoms with Crippen molar-refractivity contribution in [3.8, 4) is 0 Å². The average Bonchev–Trinajstić information content (AvgIpc) is 3.59. The Morgan fingerprint density at radius 1 is 1.22 bits per heavy atom. The fourth-order valence-electron chi connectivity index (χ4n) is 5.59. The Balaban J connectivity index is 1.35. The van der Waals surface area contributed by atoms with Crippen molar-refractivity contribution in [1.82, 2.24) is 24.3 Å². The number of imidazole rings is 1. The smallest absolute Gasteiger partial charge is 0.275 e. The van der Waals surface area contributed by atoms with Crippen LogP contribution >= 0.6 is 0 Å². The standard InChI is InChI=1S/C26H32F3N7O/c1-16-11-36-14-19(9-20(27)24(36)31-16)32-26(37)21-10-30-25(23(33-21)18-5-3-4-6-18)35-8-7-17(13-35)12-34(2)15-22(28)29/h9-11,14,17-18,22H,3-8,12-13,15H2,1-2H3,(H,32,37)/t17-/m0/s1. The molecule has 4 heterocycles. The third-order valence-electron chi connectivity index (χ3n) is 7.24. The summed E-state index contributed by atoms with van der Waals surface area (Å²) in [5.41, 5.74) is 2.18. The van der Waals surface area contributed by atoms with Crippen molar-refractivity contribution < 1.29 is 18.0 Å². The van der Waals surface area contributed by atoms with Gasteiger partial charge >= 0.3 is 0 Å². The molecule has 11 heteroatoms. The Morgan fingerprint density at radius 3 is 2.76 bits per heavy atom. The maximum Gasteiger partial charge on any atom is 0.275 e. The van der Waals surface area contributed by atoms with E-state index in [-0.39, 0.29) is 29.7 Å². The van der Waals surface area contributed by atoms with Crippen LogP contribution in [-0.2, 0) is 0 Å². The molecule has 1 aliphatic carbocycles. The number of amides is 1. The summed E-state index contributed by atoms with van der Waals surface area (Å²) in [6.07, 6.45) is 7.51. The third kappa shape index (κ3) is 5.71. The van der Waals surface area contributed by atoms with Crippen LogP contribution in [-0.4, -0.2) is 69.8 Å². The molecule has 0 radical (unpaired) electrons. The number of carbonyl (C=O) groups is 1. The number of alkyl halides is 2. The maximum atomic E-state index is 14.5. The lowest BCUT2D eigenvalue weighted by Crippen LogP contribution is -2.32. The van der Waals surface area contributed by atoms with Gasteiger partial charge in [-0.25, -0.2) is 28.1 Å². The number of hydrogen-bond donors (Lipinski definition) is 1. The first-order valence-electron chi connectivity index (χ1n) is 12.8. The SMILES string of the molecule is Cc1cn2cc(NC(=O)c3cnc(N4CC[C@@H](CN(C)CC(F)F)C4)c(C4CCCC4)n3)cc(F)c2n1. The Hall–Kier alpha value is -3.21. The summed E-state index contributed by atoms with van der Waals surface area (Å²) >= 11 is 0. The summed E-state index contributed by atoms with van der Waals surface area (Å²) < 4.78 is 41.5. The zero-order valence-corrected chi connectivity index (χ0v) is 21.1. The minimum absolute atomic E-state index is 0.181. The lowest BCUT2D eigenvalue weighted by Gasteiger charge is -2.24. The molecular formula is C26H32F3N7O. The highest BCUT2D eigenvalue weighted by molar-refractivity contribution is 6.02. The summed E-state index contributed by atoms with van der Waals surface area (Å²) in [5, 5.41) is 2.74. The highest BCUT2D eigenvalue weighted by Crippen LogP contribution is 2.38. The summed E-state index contributed by atoms with van der Waals surface area (Å²) in [4.78, 5) is 30.5. The van der Waals surface area contributed by atoms with Gasteiger partial charge in [-0.1, -0.05) is 12.8 Å². The van der Waals surface area contributed by atoms with Crippen molar-refractivity contribution in [3.63, 3.8) is 0 Å². The fraction of sp³-hybridized carbons (Fsp3) is 0.538. The predicted octanol–water partition coefficient (Wildman–Crippen LogP) is 4.50. The van der Waals surface area contributed by atoms with E-state index in [1.807, 2.05) is 0 Å². The molecule has 8 nitrogen and oxygen atoms in total. The molecule has 2 aliphatic rings. The van der Waals surface area contributed by atoms with Crippen LogP contribution in [0.4, 0.5) is 24.7 Å². The van der Waals surface area contributed by atoms with Gasteiger partial charge in [-0.3, -0.25) is 4.79 Å². The van der Waals surface area contributed by atoms with Crippen molar-refractivity contribution in [2.24, 2.45) is 5.92 Å². The van der Waals surface area contributed by atoms with Crippen LogP contribution in [0.3, 0.4) is 0 Å². The number of hydrogen-bond acceptors (Lipinski definition) is 6. The van der Waals surface area contributed by atoms with Crippen molar-refractivity contribution in [2.45, 2.75) is 51.4 Å². The minimum atomic E-state index is -2.34. The van der Waals surface area contributed by atoms with Crippen molar-refractivity contribution >= 4 is 23.1 Å². The zero-order chi connectivity index (χ0) is 26.1. The van der Waals surface area contributed by atoms with Crippen molar-refractivity contribution in [2.75, 3.05) is 43.4 Å². The summed E-state index contributed by atoms with van der Waals surface area (Å²) in [6, 6.07) is 1.24. The number of aromatic nitrogens is 4. The number of nitrogens with zero attached hydrogens (tertiary/aromatic N) is 6. The molecule has 1 aliphatic heterocycles. The Kier molecular flexibility index (Phi) is 7.32. The summed E-state index contributed by atoms with van der Waals surface area (Å²) in [7, 11) is 1.73. The van der Waals surface area contributed by atoms with Crippen LogP contribution in [0.1, 0.15) is 59.9 Å². The number of halogens is 3. The first-order valence-corrected chi connectivity index (χ1v) is 12.8. The average molecular weight is 516 g/mol. The topological polar surface area (TPSA) is 78.7 Å². The van der Waals surface area contributed by atoms with Crippen molar-refractivity contribution in [3.05, 3.63) is 47.6 Å². The minimum Gasteiger partial charge on any atom is -0.355 e. The summed E-state index contributed by atoms with van der Waals surface area (Å²) in [5.74, 6) is 0.285. The quantitative estimate of drug-likeness (QED) is 0.476. The van der Waals surface area contributed by atoms with Crippen LogP contribution in [0.5, 0.6) is 0 Å². The number of anilines is 2. The number of aryl methyl sites for hydroxylation is 1. The van der Waals surface area contributed by atoms with E-state index in [1.165, 1.54) is 12.3 Å². The summed E-state index contributed by atoms with van der Waals surface area (Å²) in [6.45, 7) is 3.64. The van der Waals surface area contributed by atoms with Gasteiger partial charge in [-0.2, -0.15) is 0 Å². The fourth-order valence-corrected chi connectivity index (χ4v) is 5.59. The molecule has 1 saturated heterocycles. The second kappa shape index (κ2) is 10.6. The second-order valence-electron chi connectivity index (χ2n) is 10.3. The van der Waals surface area contributed by atoms with Crippen LogP contribution in [0.25, 0.3) is 5.65 Å². The molecule has 1 N–H and O–H groups in total. The molecule has 2 fully saturated rings. The van der Waals surface area contributed by atoms with Gasteiger partial charge in [0.2, 0.25) is 0 Å². The Morgan fingerprint density at radius 2 is 2.00 bits per heavy atom. The second-order valence-corrected chi connectivity index (χ2v) is 10.3. The van der Waals surface area contributed by atoms with E-state index in [4.69, 9.17) is 4.98 Å². The normalized spacial score (nSPS) is 18.6. The molecule has 0 unspecified atom stereocenters. The molecule has 3 aromatic rings.